The Hall–Kier alpha value is -1.64. The fourth-order valence-electron chi connectivity index (χ4n) is 0.521. The molecular formula is C8H8N2O. The van der Waals surface area contributed by atoms with Crippen LogP contribution in [0, 0.1) is 0 Å². The Balaban J connectivity index is 0.000000112. The van der Waals surface area contributed by atoms with Crippen molar-refractivity contribution < 1.29 is 4.52 Å². The second kappa shape index (κ2) is 5.17. The molecule has 56 valence electrons. The van der Waals surface area contributed by atoms with Gasteiger partial charge in [-0.25, -0.2) is 4.98 Å². The van der Waals surface area contributed by atoms with Crippen LogP contribution in [0.4, 0.5) is 0 Å². The number of nitrogens with zero attached hydrogens (tertiary/aromatic N) is 2. The molecule has 0 atom stereocenters. The standard InChI is InChI=1S/C6H6.C2H2N2O/c1-2-4-6-5-3-1;1-3-2-5-4-1/h1-6H;1-2H. The molecule has 0 unspecified atom stereocenters. The van der Waals surface area contributed by atoms with E-state index in [1.165, 1.54) is 12.7 Å². The Morgan fingerprint density at radius 3 is 1.55 bits per heavy atom. The van der Waals surface area contributed by atoms with Crippen LogP contribution in [-0.4, -0.2) is 10.1 Å². The number of aromatic nitrogens is 2. The van der Waals surface area contributed by atoms with Crippen molar-refractivity contribution in [2.45, 2.75) is 0 Å². The first kappa shape index (κ1) is 7.47. The van der Waals surface area contributed by atoms with E-state index >= 15 is 0 Å². The zero-order chi connectivity index (χ0) is 7.78. The molecule has 0 amide bonds. The summed E-state index contributed by atoms with van der Waals surface area (Å²) in [6, 6.07) is 12.0. The van der Waals surface area contributed by atoms with Gasteiger partial charge in [-0.15, -0.1) is 0 Å². The van der Waals surface area contributed by atoms with Gasteiger partial charge in [0.1, 0.15) is 0 Å². The molecule has 11 heavy (non-hydrogen) atoms. The van der Waals surface area contributed by atoms with Crippen LogP contribution >= 0.6 is 0 Å². The predicted molar refractivity (Wildman–Crippen MR) is 40.7 cm³/mol. The molecule has 3 heteroatoms. The van der Waals surface area contributed by atoms with Crippen LogP contribution in [-0.2, 0) is 0 Å². The zero-order valence-electron chi connectivity index (χ0n) is 5.92. The summed E-state index contributed by atoms with van der Waals surface area (Å²) >= 11 is 0. The second-order valence-corrected chi connectivity index (χ2v) is 1.74. The summed E-state index contributed by atoms with van der Waals surface area (Å²) in [7, 11) is 0. The van der Waals surface area contributed by atoms with Crippen molar-refractivity contribution in [1.29, 1.82) is 0 Å². The molecule has 1 heterocycles. The lowest BCUT2D eigenvalue weighted by Crippen LogP contribution is -1.47. The van der Waals surface area contributed by atoms with E-state index in [0.29, 0.717) is 0 Å². The third kappa shape index (κ3) is 3.86. The van der Waals surface area contributed by atoms with Gasteiger partial charge < -0.3 is 4.52 Å². The summed E-state index contributed by atoms with van der Waals surface area (Å²) in [4.78, 5) is 3.44. The Morgan fingerprint density at radius 1 is 0.818 bits per heavy atom. The van der Waals surface area contributed by atoms with E-state index in [-0.39, 0.29) is 0 Å². The summed E-state index contributed by atoms with van der Waals surface area (Å²) < 4.78 is 4.22. The summed E-state index contributed by atoms with van der Waals surface area (Å²) in [5, 5.41) is 3.24. The van der Waals surface area contributed by atoms with E-state index in [1.54, 1.807) is 0 Å². The molecule has 0 N–H and O–H groups in total. The van der Waals surface area contributed by atoms with Crippen molar-refractivity contribution in [1.82, 2.24) is 10.1 Å². The van der Waals surface area contributed by atoms with Gasteiger partial charge in [0, 0.05) is 0 Å². The van der Waals surface area contributed by atoms with Crippen molar-refractivity contribution in [3.8, 4) is 0 Å². The Bertz CT molecular complexity index is 198. The number of benzene rings is 1. The quantitative estimate of drug-likeness (QED) is 0.571. The maximum atomic E-state index is 4.22. The van der Waals surface area contributed by atoms with Crippen LogP contribution in [0.2, 0.25) is 0 Å². The van der Waals surface area contributed by atoms with E-state index in [2.05, 4.69) is 14.7 Å². The minimum Gasteiger partial charge on any atom is -0.343 e. The first-order valence-corrected chi connectivity index (χ1v) is 3.19. The highest BCUT2D eigenvalue weighted by Gasteiger charge is 1.61. The maximum Gasteiger partial charge on any atom is 0.213 e. The van der Waals surface area contributed by atoms with E-state index in [1.807, 2.05) is 36.4 Å². The van der Waals surface area contributed by atoms with Gasteiger partial charge >= 0.3 is 0 Å². The van der Waals surface area contributed by atoms with E-state index in [0.717, 1.165) is 0 Å². The van der Waals surface area contributed by atoms with E-state index < -0.39 is 0 Å². The molecule has 0 spiro atoms. The average molecular weight is 148 g/mol. The molecule has 1 aromatic heterocycles. The molecule has 0 saturated carbocycles. The van der Waals surface area contributed by atoms with Crippen molar-refractivity contribution in [2.75, 3.05) is 0 Å². The SMILES string of the molecule is c1ccccc1.c1ncon1. The smallest absolute Gasteiger partial charge is 0.213 e. The van der Waals surface area contributed by atoms with Crippen LogP contribution in [0.5, 0.6) is 0 Å². The Morgan fingerprint density at radius 2 is 1.36 bits per heavy atom. The first-order chi connectivity index (χ1) is 5.50. The highest BCUT2D eigenvalue weighted by Crippen LogP contribution is 1.79. The minimum atomic E-state index is 1.26. The minimum absolute atomic E-state index is 1.26. The maximum absolute atomic E-state index is 4.22. The highest BCUT2D eigenvalue weighted by molar-refractivity contribution is 4.99. The highest BCUT2D eigenvalue weighted by atomic mass is 16.5. The third-order valence-electron chi connectivity index (χ3n) is 0.949. The van der Waals surface area contributed by atoms with Gasteiger partial charge in [0.15, 0.2) is 6.33 Å². The van der Waals surface area contributed by atoms with Gasteiger partial charge in [0.25, 0.3) is 0 Å². The third-order valence-corrected chi connectivity index (χ3v) is 0.949. The summed E-state index contributed by atoms with van der Waals surface area (Å²) in [5.74, 6) is 0. The lowest BCUT2D eigenvalue weighted by Gasteiger charge is -1.69. The lowest BCUT2D eigenvalue weighted by atomic mass is 10.4. The summed E-state index contributed by atoms with van der Waals surface area (Å²) in [6.07, 6.45) is 2.60. The van der Waals surface area contributed by atoms with Gasteiger partial charge in [-0.3, -0.25) is 0 Å². The molecule has 1 aromatic carbocycles. The van der Waals surface area contributed by atoms with Crippen molar-refractivity contribution in [3.63, 3.8) is 0 Å². The molecule has 3 nitrogen and oxygen atoms in total. The Labute approximate surface area is 64.7 Å². The fraction of sp³-hybridized carbons (Fsp3) is 0. The number of hydrogen-bond donors (Lipinski definition) is 0. The van der Waals surface area contributed by atoms with Gasteiger partial charge in [0.05, 0.1) is 0 Å². The molecule has 0 fully saturated rings. The van der Waals surface area contributed by atoms with Crippen LogP contribution < -0.4 is 0 Å². The molecule has 0 aliphatic heterocycles. The molecule has 0 aliphatic rings. The number of rotatable bonds is 0. The normalized spacial score (nSPS) is 8.00. The van der Waals surface area contributed by atoms with E-state index in [4.69, 9.17) is 0 Å². The van der Waals surface area contributed by atoms with Crippen LogP contribution in [0.1, 0.15) is 0 Å². The summed E-state index contributed by atoms with van der Waals surface area (Å²) in [5.41, 5.74) is 0. The number of hydrogen-bond acceptors (Lipinski definition) is 3. The van der Waals surface area contributed by atoms with Crippen molar-refractivity contribution >= 4 is 0 Å². The average Bonchev–Trinajstić information content (AvgIpc) is 2.64. The lowest BCUT2D eigenvalue weighted by molar-refractivity contribution is 0.416. The Kier molecular flexibility index (Phi) is 3.51. The molecule has 0 saturated heterocycles. The second-order valence-electron chi connectivity index (χ2n) is 1.74. The first-order valence-electron chi connectivity index (χ1n) is 3.19. The summed E-state index contributed by atoms with van der Waals surface area (Å²) in [6.45, 7) is 0. The molecule has 2 aromatic rings. The van der Waals surface area contributed by atoms with Gasteiger partial charge in [0.2, 0.25) is 6.39 Å². The van der Waals surface area contributed by atoms with Crippen LogP contribution in [0.25, 0.3) is 0 Å². The topological polar surface area (TPSA) is 38.9 Å². The fourth-order valence-corrected chi connectivity index (χ4v) is 0.521. The van der Waals surface area contributed by atoms with Crippen molar-refractivity contribution in [2.24, 2.45) is 0 Å². The molecule has 0 bridgehead atoms. The van der Waals surface area contributed by atoms with Crippen LogP contribution in [0.3, 0.4) is 0 Å². The molecule has 0 radical (unpaired) electrons. The van der Waals surface area contributed by atoms with Crippen molar-refractivity contribution in [3.05, 3.63) is 49.1 Å². The monoisotopic (exact) mass is 148 g/mol. The van der Waals surface area contributed by atoms with Crippen LogP contribution in [0.15, 0.2) is 53.6 Å². The largest absolute Gasteiger partial charge is 0.343 e. The van der Waals surface area contributed by atoms with Gasteiger partial charge in [-0.1, -0.05) is 41.6 Å². The molecule has 2 rings (SSSR count). The zero-order valence-corrected chi connectivity index (χ0v) is 5.92. The van der Waals surface area contributed by atoms with E-state index in [9.17, 15) is 0 Å². The predicted octanol–water partition coefficient (Wildman–Crippen LogP) is 1.76. The molecule has 0 aliphatic carbocycles. The van der Waals surface area contributed by atoms with Gasteiger partial charge in [-0.05, 0) is 0 Å². The molecular weight excluding hydrogens is 140 g/mol. The van der Waals surface area contributed by atoms with Gasteiger partial charge in [-0.2, -0.15) is 0 Å².